The molecule has 0 saturated heterocycles. The lowest BCUT2D eigenvalue weighted by Crippen LogP contribution is -2.36. The summed E-state index contributed by atoms with van der Waals surface area (Å²) in [6.45, 7) is 5.90. The van der Waals surface area contributed by atoms with Gasteiger partial charge in [-0.1, -0.05) is 19.9 Å². The summed E-state index contributed by atoms with van der Waals surface area (Å²) >= 11 is 0. The molecule has 17 heavy (non-hydrogen) atoms. The van der Waals surface area contributed by atoms with Crippen LogP contribution in [0.4, 0.5) is 5.69 Å². The molecule has 0 aliphatic rings. The minimum Gasteiger partial charge on any atom is -0.349 e. The molecule has 0 fully saturated rings. The highest BCUT2D eigenvalue weighted by Gasteiger charge is 2.14. The van der Waals surface area contributed by atoms with Crippen molar-refractivity contribution in [2.75, 3.05) is 0 Å². The molecular formula is C12H16N2O3. The van der Waals surface area contributed by atoms with Gasteiger partial charge in [-0.15, -0.1) is 0 Å². The van der Waals surface area contributed by atoms with Crippen LogP contribution in [0.3, 0.4) is 0 Å². The highest BCUT2D eigenvalue weighted by molar-refractivity contribution is 5.94. The Bertz CT molecular complexity index is 430. The van der Waals surface area contributed by atoms with Crippen LogP contribution in [0.5, 0.6) is 0 Å². The summed E-state index contributed by atoms with van der Waals surface area (Å²) in [6.07, 6.45) is 0. The number of carbonyl (C=O) groups is 1. The largest absolute Gasteiger partial charge is 0.349 e. The average Bonchev–Trinajstić information content (AvgIpc) is 2.28. The van der Waals surface area contributed by atoms with Gasteiger partial charge in [0.15, 0.2) is 0 Å². The molecule has 1 N–H and O–H groups in total. The molecule has 0 aliphatic heterocycles. The van der Waals surface area contributed by atoms with Gasteiger partial charge in [-0.3, -0.25) is 14.9 Å². The summed E-state index contributed by atoms with van der Waals surface area (Å²) in [5.41, 5.74) is 0.238. The van der Waals surface area contributed by atoms with Crippen LogP contribution in [-0.2, 0) is 0 Å². The zero-order valence-electron chi connectivity index (χ0n) is 10.1. The summed E-state index contributed by atoms with van der Waals surface area (Å²) in [5.74, 6) is 0.0348. The number of nitrogens with zero attached hydrogens (tertiary/aromatic N) is 1. The Hall–Kier alpha value is -1.91. The number of nitro groups is 1. The van der Waals surface area contributed by atoms with Crippen molar-refractivity contribution in [1.29, 1.82) is 0 Å². The van der Waals surface area contributed by atoms with Gasteiger partial charge in [-0.25, -0.2) is 0 Å². The smallest absolute Gasteiger partial charge is 0.270 e. The standard InChI is InChI=1S/C12H16N2O3/c1-8(2)9(3)13-12(15)10-5-4-6-11(7-10)14(16)17/h4-9H,1-3H3,(H,13,15). The van der Waals surface area contributed by atoms with Crippen LogP contribution >= 0.6 is 0 Å². The summed E-state index contributed by atoms with van der Waals surface area (Å²) in [4.78, 5) is 21.9. The lowest BCUT2D eigenvalue weighted by Gasteiger charge is -2.17. The molecule has 1 rings (SSSR count). The van der Waals surface area contributed by atoms with E-state index in [9.17, 15) is 14.9 Å². The molecule has 0 aromatic heterocycles. The second-order valence-corrected chi connectivity index (χ2v) is 4.31. The molecule has 0 spiro atoms. The first-order chi connectivity index (χ1) is 7.91. The van der Waals surface area contributed by atoms with Crippen molar-refractivity contribution in [3.8, 4) is 0 Å². The van der Waals surface area contributed by atoms with Gasteiger partial charge in [0, 0.05) is 23.7 Å². The number of nitro benzene ring substituents is 1. The molecule has 0 heterocycles. The molecule has 1 unspecified atom stereocenters. The zero-order valence-corrected chi connectivity index (χ0v) is 10.1. The van der Waals surface area contributed by atoms with Crippen molar-refractivity contribution < 1.29 is 9.72 Å². The van der Waals surface area contributed by atoms with Gasteiger partial charge < -0.3 is 5.32 Å². The fourth-order valence-electron chi connectivity index (χ4n) is 1.22. The maximum Gasteiger partial charge on any atom is 0.270 e. The molecule has 92 valence electrons. The number of non-ortho nitro benzene ring substituents is 1. The summed E-state index contributed by atoms with van der Waals surface area (Å²) in [6, 6.07) is 5.75. The average molecular weight is 236 g/mol. The number of hydrogen-bond donors (Lipinski definition) is 1. The Morgan fingerprint density at radius 3 is 2.53 bits per heavy atom. The van der Waals surface area contributed by atoms with E-state index in [1.54, 1.807) is 6.07 Å². The van der Waals surface area contributed by atoms with Gasteiger partial charge in [0.2, 0.25) is 0 Å². The predicted octanol–water partition coefficient (Wildman–Crippen LogP) is 2.37. The van der Waals surface area contributed by atoms with Gasteiger partial charge >= 0.3 is 0 Å². The highest BCUT2D eigenvalue weighted by Crippen LogP contribution is 2.13. The van der Waals surface area contributed by atoms with E-state index in [1.807, 2.05) is 20.8 Å². The maximum atomic E-state index is 11.8. The Kier molecular flexibility index (Phi) is 4.20. The fourth-order valence-corrected chi connectivity index (χ4v) is 1.22. The Labute approximate surface area is 100.0 Å². The van der Waals surface area contributed by atoms with Crippen LogP contribution in [0, 0.1) is 16.0 Å². The molecule has 1 aromatic rings. The number of nitrogens with one attached hydrogen (secondary N) is 1. The highest BCUT2D eigenvalue weighted by atomic mass is 16.6. The van der Waals surface area contributed by atoms with Gasteiger partial charge in [-0.05, 0) is 18.9 Å². The van der Waals surface area contributed by atoms with Crippen LogP contribution < -0.4 is 5.32 Å². The minimum absolute atomic E-state index is 0.0294. The number of rotatable bonds is 4. The Balaban J connectivity index is 2.82. The number of hydrogen-bond acceptors (Lipinski definition) is 3. The molecule has 1 amide bonds. The van der Waals surface area contributed by atoms with Gasteiger partial charge in [0.1, 0.15) is 0 Å². The SMILES string of the molecule is CC(C)C(C)NC(=O)c1cccc([N+](=O)[O-])c1. The predicted molar refractivity (Wildman–Crippen MR) is 64.9 cm³/mol. The third-order valence-electron chi connectivity index (χ3n) is 2.68. The van der Waals surface area contributed by atoms with Crippen LogP contribution in [0.2, 0.25) is 0 Å². The van der Waals surface area contributed by atoms with Crippen molar-refractivity contribution >= 4 is 11.6 Å². The first kappa shape index (κ1) is 13.2. The van der Waals surface area contributed by atoms with E-state index in [4.69, 9.17) is 0 Å². The monoisotopic (exact) mass is 236 g/mol. The second kappa shape index (κ2) is 5.43. The van der Waals surface area contributed by atoms with E-state index in [0.29, 0.717) is 11.5 Å². The Morgan fingerprint density at radius 2 is 2.00 bits per heavy atom. The second-order valence-electron chi connectivity index (χ2n) is 4.31. The quantitative estimate of drug-likeness (QED) is 0.644. The third kappa shape index (κ3) is 3.55. The number of benzene rings is 1. The van der Waals surface area contributed by atoms with Crippen LogP contribution in [0.25, 0.3) is 0 Å². The minimum atomic E-state index is -0.511. The van der Waals surface area contributed by atoms with Crippen molar-refractivity contribution in [2.24, 2.45) is 5.92 Å². The number of amides is 1. The van der Waals surface area contributed by atoms with E-state index >= 15 is 0 Å². The van der Waals surface area contributed by atoms with E-state index in [0.717, 1.165) is 0 Å². The number of carbonyl (C=O) groups excluding carboxylic acids is 1. The van der Waals surface area contributed by atoms with E-state index in [-0.39, 0.29) is 17.6 Å². The van der Waals surface area contributed by atoms with Crippen molar-refractivity contribution in [3.05, 3.63) is 39.9 Å². The molecular weight excluding hydrogens is 220 g/mol. The van der Waals surface area contributed by atoms with Gasteiger partial charge in [0.05, 0.1) is 4.92 Å². The topological polar surface area (TPSA) is 72.2 Å². The lowest BCUT2D eigenvalue weighted by atomic mass is 10.1. The summed E-state index contributed by atoms with van der Waals surface area (Å²) in [5, 5.41) is 13.4. The van der Waals surface area contributed by atoms with E-state index in [1.165, 1.54) is 18.2 Å². The van der Waals surface area contributed by atoms with Gasteiger partial charge in [-0.2, -0.15) is 0 Å². The molecule has 0 saturated carbocycles. The molecule has 5 nitrogen and oxygen atoms in total. The molecule has 1 atom stereocenters. The van der Waals surface area contributed by atoms with Crippen LogP contribution in [-0.4, -0.2) is 16.9 Å². The maximum absolute atomic E-state index is 11.8. The van der Waals surface area contributed by atoms with E-state index < -0.39 is 4.92 Å². The lowest BCUT2D eigenvalue weighted by molar-refractivity contribution is -0.384. The fraction of sp³-hybridized carbons (Fsp3) is 0.417. The van der Waals surface area contributed by atoms with Crippen molar-refractivity contribution in [3.63, 3.8) is 0 Å². The third-order valence-corrected chi connectivity index (χ3v) is 2.68. The molecule has 5 heteroatoms. The normalized spacial score (nSPS) is 12.2. The molecule has 0 aliphatic carbocycles. The van der Waals surface area contributed by atoms with Crippen LogP contribution in [0.1, 0.15) is 31.1 Å². The van der Waals surface area contributed by atoms with Crippen molar-refractivity contribution in [2.45, 2.75) is 26.8 Å². The summed E-state index contributed by atoms with van der Waals surface area (Å²) in [7, 11) is 0. The first-order valence-electron chi connectivity index (χ1n) is 5.47. The molecule has 0 bridgehead atoms. The molecule has 1 aromatic carbocycles. The zero-order chi connectivity index (χ0) is 13.0. The van der Waals surface area contributed by atoms with Crippen LogP contribution in [0.15, 0.2) is 24.3 Å². The first-order valence-corrected chi connectivity index (χ1v) is 5.47. The Morgan fingerprint density at radius 1 is 1.35 bits per heavy atom. The van der Waals surface area contributed by atoms with Gasteiger partial charge in [0.25, 0.3) is 11.6 Å². The van der Waals surface area contributed by atoms with E-state index in [2.05, 4.69) is 5.32 Å². The van der Waals surface area contributed by atoms with Crippen molar-refractivity contribution in [1.82, 2.24) is 5.32 Å². The summed E-state index contributed by atoms with van der Waals surface area (Å²) < 4.78 is 0. The molecule has 0 radical (unpaired) electrons.